The van der Waals surface area contributed by atoms with Crippen LogP contribution in [0, 0.1) is 0 Å². The minimum atomic E-state index is -0.958. The summed E-state index contributed by atoms with van der Waals surface area (Å²) in [6.45, 7) is 0. The zero-order valence-corrected chi connectivity index (χ0v) is 9.99. The largest absolute Gasteiger partial charge is 0.472 e. The van der Waals surface area contributed by atoms with E-state index >= 15 is 0 Å². The molecule has 0 saturated carbocycles. The van der Waals surface area contributed by atoms with Gasteiger partial charge in [-0.3, -0.25) is 0 Å². The Morgan fingerprint density at radius 1 is 1.31 bits per heavy atom. The maximum absolute atomic E-state index is 5.02. The molecule has 1 aromatic rings. The second-order valence-electron chi connectivity index (χ2n) is 3.29. The molecular formula is C10H15AlOS. The van der Waals surface area contributed by atoms with E-state index in [2.05, 4.69) is 49.0 Å². The van der Waals surface area contributed by atoms with Gasteiger partial charge in [0.15, 0.2) is 0 Å². The summed E-state index contributed by atoms with van der Waals surface area (Å²) in [7, 11) is 0. The molecule has 0 aromatic heterocycles. The van der Waals surface area contributed by atoms with Gasteiger partial charge in [0.2, 0.25) is 0 Å². The van der Waals surface area contributed by atoms with Crippen LogP contribution in [0.15, 0.2) is 30.3 Å². The predicted molar refractivity (Wildman–Crippen MR) is 61.3 cm³/mol. The fraction of sp³-hybridized carbons (Fsp3) is 0.400. The highest BCUT2D eigenvalue weighted by atomic mass is 32.1. The van der Waals surface area contributed by atoms with Crippen LogP contribution in [0.4, 0.5) is 0 Å². The summed E-state index contributed by atoms with van der Waals surface area (Å²) < 4.78 is 5.02. The predicted octanol–water partition coefficient (Wildman–Crippen LogP) is 3.10. The van der Waals surface area contributed by atoms with E-state index in [0.717, 1.165) is 6.42 Å². The molecule has 0 fully saturated rings. The highest BCUT2D eigenvalue weighted by Gasteiger charge is 2.10. The lowest BCUT2D eigenvalue weighted by atomic mass is 10.1. The molecule has 1 aromatic carbocycles. The monoisotopic (exact) mass is 210 g/mol. The van der Waals surface area contributed by atoms with Gasteiger partial charge in [0.05, 0.1) is 0 Å². The molecule has 0 aliphatic heterocycles. The lowest BCUT2D eigenvalue weighted by Crippen LogP contribution is -2.06. The smallest absolute Gasteiger partial charge is 0.441 e. The molecule has 0 N–H and O–H groups in total. The van der Waals surface area contributed by atoms with Crippen molar-refractivity contribution >= 4 is 27.4 Å². The number of hydrogen-bond donors (Lipinski definition) is 1. The summed E-state index contributed by atoms with van der Waals surface area (Å²) in [5.74, 6) is 2.18. The van der Waals surface area contributed by atoms with Gasteiger partial charge in [-0.2, -0.15) is 0 Å². The van der Waals surface area contributed by atoms with Gasteiger partial charge in [0.25, 0.3) is 0 Å². The number of benzene rings is 1. The summed E-state index contributed by atoms with van der Waals surface area (Å²) in [6.07, 6.45) is 2.38. The molecule has 1 nitrogen and oxygen atoms in total. The zero-order chi connectivity index (χ0) is 9.52. The maximum atomic E-state index is 5.02. The molecule has 0 atom stereocenters. The van der Waals surface area contributed by atoms with Gasteiger partial charge in [-0.25, -0.2) is 0 Å². The van der Waals surface area contributed by atoms with Crippen LogP contribution in [0.25, 0.3) is 0 Å². The lowest BCUT2D eigenvalue weighted by Gasteiger charge is -2.02. The number of rotatable bonds is 5. The molecule has 3 heteroatoms. The molecule has 0 radical (unpaired) electrons. The normalized spacial score (nSPS) is 10.0. The van der Waals surface area contributed by atoms with Crippen molar-refractivity contribution in [2.45, 2.75) is 23.9 Å². The van der Waals surface area contributed by atoms with E-state index in [1.165, 1.54) is 17.3 Å². The van der Waals surface area contributed by atoms with Crippen molar-refractivity contribution in [2.24, 2.45) is 0 Å². The minimum Gasteiger partial charge on any atom is -0.441 e. The van der Waals surface area contributed by atoms with Gasteiger partial charge in [0, 0.05) is 0 Å². The van der Waals surface area contributed by atoms with Crippen molar-refractivity contribution < 1.29 is 3.23 Å². The maximum Gasteiger partial charge on any atom is 0.472 e. The lowest BCUT2D eigenvalue weighted by molar-refractivity contribution is 0.671. The average molecular weight is 210 g/mol. The standard InChI is InChI=1S/C9H11.CH3.Al.H2OS/c1-2-6-9-7-4-3-5-8-9;;;1-2/h3-5,7-8H,1-2,6H2;1H3;;1-2H/q;;+1;/p-1. The number of hydrogen-bond acceptors (Lipinski definition) is 2. The molecule has 0 amide bonds. The van der Waals surface area contributed by atoms with E-state index < -0.39 is 14.5 Å². The average Bonchev–Trinajstić information content (AvgIpc) is 2.19. The van der Waals surface area contributed by atoms with Gasteiger partial charge in [-0.05, 0) is 12.0 Å². The zero-order valence-electron chi connectivity index (χ0n) is 7.94. The van der Waals surface area contributed by atoms with Crippen molar-refractivity contribution in [3.05, 3.63) is 35.9 Å². The second kappa shape index (κ2) is 6.51. The fourth-order valence-corrected chi connectivity index (χ4v) is 2.49. The molecule has 0 bridgehead atoms. The Morgan fingerprint density at radius 3 is 2.62 bits per heavy atom. The Labute approximate surface area is 90.5 Å². The molecule has 0 unspecified atom stereocenters. The SMILES string of the molecule is [CH3][Al]([CH2]CCc1ccccc1)[O]S. The highest BCUT2D eigenvalue weighted by molar-refractivity contribution is 7.76. The summed E-state index contributed by atoms with van der Waals surface area (Å²) in [4.78, 5) is 0. The van der Waals surface area contributed by atoms with Crippen molar-refractivity contribution in [3.63, 3.8) is 0 Å². The van der Waals surface area contributed by atoms with Gasteiger partial charge >= 0.3 is 14.5 Å². The van der Waals surface area contributed by atoms with E-state index in [1.807, 2.05) is 0 Å². The Hall–Kier alpha value is 0.0625. The number of thiol groups is 1. The third-order valence-corrected chi connectivity index (χ3v) is 4.76. The van der Waals surface area contributed by atoms with Crippen LogP contribution < -0.4 is 0 Å². The van der Waals surface area contributed by atoms with Gasteiger partial charge in [0.1, 0.15) is 0 Å². The van der Waals surface area contributed by atoms with E-state index in [1.54, 1.807) is 0 Å². The van der Waals surface area contributed by atoms with E-state index in [-0.39, 0.29) is 0 Å². The van der Waals surface area contributed by atoms with Crippen LogP contribution in [-0.2, 0) is 9.66 Å². The van der Waals surface area contributed by atoms with Crippen LogP contribution in [0.1, 0.15) is 12.0 Å². The van der Waals surface area contributed by atoms with E-state index in [4.69, 9.17) is 3.23 Å². The second-order valence-corrected chi connectivity index (χ2v) is 6.34. The Bertz CT molecular complexity index is 228. The molecule has 70 valence electrons. The Morgan fingerprint density at radius 2 is 2.00 bits per heavy atom. The van der Waals surface area contributed by atoms with Crippen molar-refractivity contribution in [1.29, 1.82) is 0 Å². The first-order chi connectivity index (χ1) is 6.33. The molecule has 0 aliphatic carbocycles. The first-order valence-electron chi connectivity index (χ1n) is 4.67. The summed E-state index contributed by atoms with van der Waals surface area (Å²) in [6, 6.07) is 10.6. The fourth-order valence-electron chi connectivity index (χ4n) is 1.29. The van der Waals surface area contributed by atoms with Crippen LogP contribution >= 0.6 is 12.9 Å². The van der Waals surface area contributed by atoms with Gasteiger partial charge in [-0.15, -0.1) is 0 Å². The Balaban J connectivity index is 2.20. The summed E-state index contributed by atoms with van der Waals surface area (Å²) in [5.41, 5.74) is 1.42. The quantitative estimate of drug-likeness (QED) is 0.446. The van der Waals surface area contributed by atoms with Gasteiger partial charge in [-0.1, -0.05) is 60.7 Å². The van der Waals surface area contributed by atoms with E-state index in [9.17, 15) is 0 Å². The van der Waals surface area contributed by atoms with Crippen LogP contribution in [0.2, 0.25) is 11.1 Å². The minimum absolute atomic E-state index is 0.958. The molecule has 0 aliphatic rings. The molecule has 13 heavy (non-hydrogen) atoms. The highest BCUT2D eigenvalue weighted by Crippen LogP contribution is 2.07. The first-order valence-corrected chi connectivity index (χ1v) is 7.48. The van der Waals surface area contributed by atoms with Crippen LogP contribution in [-0.4, -0.2) is 14.5 Å². The summed E-state index contributed by atoms with van der Waals surface area (Å²) >= 11 is 2.88. The van der Waals surface area contributed by atoms with E-state index in [0.29, 0.717) is 0 Å². The van der Waals surface area contributed by atoms with Gasteiger partial charge < -0.3 is 3.23 Å². The van der Waals surface area contributed by atoms with Crippen LogP contribution in [0.5, 0.6) is 0 Å². The molecule has 0 saturated heterocycles. The number of aryl methyl sites for hydroxylation is 1. The molecule has 1 rings (SSSR count). The molecule has 0 heterocycles. The van der Waals surface area contributed by atoms with Crippen molar-refractivity contribution in [3.8, 4) is 0 Å². The van der Waals surface area contributed by atoms with Crippen molar-refractivity contribution in [1.82, 2.24) is 0 Å². The Kier molecular flexibility index (Phi) is 5.58. The van der Waals surface area contributed by atoms with Crippen molar-refractivity contribution in [2.75, 3.05) is 0 Å². The topological polar surface area (TPSA) is 9.23 Å². The third-order valence-electron chi connectivity index (χ3n) is 2.10. The third kappa shape index (κ3) is 4.73. The first kappa shape index (κ1) is 11.1. The van der Waals surface area contributed by atoms with Crippen LogP contribution in [0.3, 0.4) is 0 Å². The molecule has 0 spiro atoms. The summed E-state index contributed by atoms with van der Waals surface area (Å²) in [5, 5.41) is 1.21. The molecular weight excluding hydrogens is 195 g/mol.